The quantitative estimate of drug-likeness (QED) is 0.564. The van der Waals surface area contributed by atoms with Gasteiger partial charge in [-0.2, -0.15) is 4.31 Å². The third-order valence-corrected chi connectivity index (χ3v) is 7.68. The van der Waals surface area contributed by atoms with Gasteiger partial charge < -0.3 is 4.74 Å². The number of carbonyl (C=O) groups is 1. The summed E-state index contributed by atoms with van der Waals surface area (Å²) in [6.07, 6.45) is 4.28. The Kier molecular flexibility index (Phi) is 6.02. The SMILES string of the molecule is COC(=O)Cc1cc(C2CCN(S(=O)(=O)c3ccncc3)CC2)c2cc(F)ccc2c1. The van der Waals surface area contributed by atoms with E-state index in [0.29, 0.717) is 25.9 Å². The number of fused-ring (bicyclic) bond motifs is 1. The van der Waals surface area contributed by atoms with Crippen LogP contribution in [-0.2, 0) is 26.0 Å². The average Bonchev–Trinajstić information content (AvgIpc) is 2.79. The Morgan fingerprint density at radius 1 is 1.13 bits per heavy atom. The van der Waals surface area contributed by atoms with Crippen molar-refractivity contribution in [2.24, 2.45) is 0 Å². The molecule has 0 saturated carbocycles. The highest BCUT2D eigenvalue weighted by Crippen LogP contribution is 2.36. The number of sulfonamides is 1. The van der Waals surface area contributed by atoms with Crippen LogP contribution in [0.1, 0.15) is 29.9 Å². The fourth-order valence-corrected chi connectivity index (χ4v) is 5.62. The molecule has 1 aliphatic rings. The molecule has 1 aliphatic heterocycles. The lowest BCUT2D eigenvalue weighted by Gasteiger charge is -2.32. The summed E-state index contributed by atoms with van der Waals surface area (Å²) in [4.78, 5) is 15.9. The maximum atomic E-state index is 14.0. The highest BCUT2D eigenvalue weighted by molar-refractivity contribution is 7.89. The van der Waals surface area contributed by atoms with Gasteiger partial charge in [0, 0.05) is 25.5 Å². The number of ether oxygens (including phenoxy) is 1. The molecule has 3 aromatic rings. The van der Waals surface area contributed by atoms with Crippen molar-refractivity contribution in [2.75, 3.05) is 20.2 Å². The largest absolute Gasteiger partial charge is 0.469 e. The van der Waals surface area contributed by atoms with E-state index < -0.39 is 10.0 Å². The molecule has 1 saturated heterocycles. The summed E-state index contributed by atoms with van der Waals surface area (Å²) in [7, 11) is -2.23. The number of rotatable bonds is 5. The lowest BCUT2D eigenvalue weighted by atomic mass is 9.85. The van der Waals surface area contributed by atoms with Crippen LogP contribution >= 0.6 is 0 Å². The van der Waals surface area contributed by atoms with Gasteiger partial charge in [0.2, 0.25) is 10.0 Å². The van der Waals surface area contributed by atoms with E-state index in [1.54, 1.807) is 6.07 Å². The van der Waals surface area contributed by atoms with Gasteiger partial charge in [-0.15, -0.1) is 0 Å². The molecule has 162 valence electrons. The van der Waals surface area contributed by atoms with Crippen molar-refractivity contribution < 1.29 is 22.3 Å². The molecule has 0 atom stereocenters. The van der Waals surface area contributed by atoms with Gasteiger partial charge in [-0.25, -0.2) is 12.8 Å². The number of esters is 1. The standard InChI is InChI=1S/C23H23FN2O4S/c1-30-23(27)14-16-12-18-2-3-19(24)15-22(18)21(13-16)17-6-10-26(11-7-17)31(28,29)20-4-8-25-9-5-20/h2-5,8-9,12-13,15,17H,6-7,10-11,14H2,1H3. The molecule has 4 rings (SSSR count). The van der Waals surface area contributed by atoms with E-state index in [4.69, 9.17) is 4.74 Å². The molecule has 8 heteroatoms. The second-order valence-corrected chi connectivity index (χ2v) is 9.60. The Hall–Kier alpha value is -2.84. The van der Waals surface area contributed by atoms with Crippen molar-refractivity contribution in [3.63, 3.8) is 0 Å². The summed E-state index contributed by atoms with van der Waals surface area (Å²) < 4.78 is 46.0. The normalized spacial score (nSPS) is 15.8. The molecule has 0 amide bonds. The highest BCUT2D eigenvalue weighted by atomic mass is 32.2. The molecule has 0 spiro atoms. The highest BCUT2D eigenvalue weighted by Gasteiger charge is 2.30. The summed E-state index contributed by atoms with van der Waals surface area (Å²) in [6, 6.07) is 11.4. The molecule has 0 bridgehead atoms. The van der Waals surface area contributed by atoms with Crippen LogP contribution in [-0.4, -0.2) is 43.9 Å². The van der Waals surface area contributed by atoms with Crippen molar-refractivity contribution >= 4 is 26.8 Å². The van der Waals surface area contributed by atoms with Gasteiger partial charge in [0.25, 0.3) is 0 Å². The van der Waals surface area contributed by atoms with Gasteiger partial charge >= 0.3 is 5.97 Å². The molecule has 6 nitrogen and oxygen atoms in total. The van der Waals surface area contributed by atoms with E-state index >= 15 is 0 Å². The Morgan fingerprint density at radius 2 is 1.84 bits per heavy atom. The third-order valence-electron chi connectivity index (χ3n) is 5.77. The molecule has 31 heavy (non-hydrogen) atoms. The van der Waals surface area contributed by atoms with E-state index in [1.807, 2.05) is 12.1 Å². The van der Waals surface area contributed by atoms with Gasteiger partial charge in [-0.1, -0.05) is 18.2 Å². The lowest BCUT2D eigenvalue weighted by molar-refractivity contribution is -0.139. The van der Waals surface area contributed by atoms with Crippen LogP contribution in [0.3, 0.4) is 0 Å². The Bertz CT molecular complexity index is 1210. The molecular formula is C23H23FN2O4S. The number of hydrogen-bond donors (Lipinski definition) is 0. The zero-order valence-electron chi connectivity index (χ0n) is 17.1. The van der Waals surface area contributed by atoms with E-state index in [9.17, 15) is 17.6 Å². The summed E-state index contributed by atoms with van der Waals surface area (Å²) in [6.45, 7) is 0.737. The first-order chi connectivity index (χ1) is 14.9. The lowest BCUT2D eigenvalue weighted by Crippen LogP contribution is -2.37. The van der Waals surface area contributed by atoms with Crippen molar-refractivity contribution in [2.45, 2.75) is 30.1 Å². The van der Waals surface area contributed by atoms with E-state index in [2.05, 4.69) is 4.98 Å². The van der Waals surface area contributed by atoms with Crippen molar-refractivity contribution in [1.29, 1.82) is 0 Å². The second-order valence-electron chi connectivity index (χ2n) is 7.66. The van der Waals surface area contributed by atoms with Gasteiger partial charge in [0.05, 0.1) is 18.4 Å². The maximum Gasteiger partial charge on any atom is 0.309 e. The minimum atomic E-state index is -3.57. The van der Waals surface area contributed by atoms with Crippen LogP contribution < -0.4 is 0 Å². The number of aromatic nitrogens is 1. The zero-order valence-corrected chi connectivity index (χ0v) is 17.9. The Balaban J connectivity index is 1.62. The van der Waals surface area contributed by atoms with Gasteiger partial charge in [-0.3, -0.25) is 9.78 Å². The van der Waals surface area contributed by atoms with Crippen LogP contribution in [0.5, 0.6) is 0 Å². The van der Waals surface area contributed by atoms with Crippen molar-refractivity contribution in [1.82, 2.24) is 9.29 Å². The first-order valence-corrected chi connectivity index (χ1v) is 11.5. The molecule has 2 aromatic carbocycles. The zero-order chi connectivity index (χ0) is 22.0. The van der Waals surface area contributed by atoms with Crippen LogP contribution in [0.25, 0.3) is 10.8 Å². The Morgan fingerprint density at radius 3 is 2.52 bits per heavy atom. The summed E-state index contributed by atoms with van der Waals surface area (Å²) in [5.74, 6) is -0.608. The average molecular weight is 443 g/mol. The van der Waals surface area contributed by atoms with Gasteiger partial charge in [-0.05, 0) is 64.9 Å². The molecule has 1 fully saturated rings. The number of methoxy groups -OCH3 is 1. The molecular weight excluding hydrogens is 419 g/mol. The monoisotopic (exact) mass is 442 g/mol. The summed E-state index contributed by atoms with van der Waals surface area (Å²) in [5, 5.41) is 1.65. The topological polar surface area (TPSA) is 76.6 Å². The van der Waals surface area contributed by atoms with Crippen LogP contribution in [0.4, 0.5) is 4.39 Å². The van der Waals surface area contributed by atoms with Crippen molar-refractivity contribution in [3.8, 4) is 0 Å². The Labute approximate surface area is 180 Å². The van der Waals surface area contributed by atoms with Crippen LogP contribution in [0, 0.1) is 5.82 Å². The third kappa shape index (κ3) is 4.45. The first-order valence-electron chi connectivity index (χ1n) is 10.1. The molecule has 0 unspecified atom stereocenters. The van der Waals surface area contributed by atoms with Gasteiger partial charge in [0.15, 0.2) is 0 Å². The predicted molar refractivity (Wildman–Crippen MR) is 115 cm³/mol. The number of carbonyl (C=O) groups excluding carboxylic acids is 1. The number of pyridine rings is 1. The predicted octanol–water partition coefficient (Wildman–Crippen LogP) is 3.66. The molecule has 0 N–H and O–H groups in total. The van der Waals surface area contributed by atoms with E-state index in [1.165, 1.54) is 48.1 Å². The summed E-state index contributed by atoms with van der Waals surface area (Å²) >= 11 is 0. The smallest absolute Gasteiger partial charge is 0.309 e. The van der Waals surface area contributed by atoms with E-state index in [-0.39, 0.29) is 29.0 Å². The molecule has 0 radical (unpaired) electrons. The number of piperidine rings is 1. The fraction of sp³-hybridized carbons (Fsp3) is 0.304. The maximum absolute atomic E-state index is 14.0. The number of halogens is 1. The number of benzene rings is 2. The van der Waals surface area contributed by atoms with Crippen LogP contribution in [0.15, 0.2) is 59.8 Å². The second kappa shape index (κ2) is 8.72. The molecule has 0 aliphatic carbocycles. The van der Waals surface area contributed by atoms with Crippen molar-refractivity contribution in [3.05, 3.63) is 71.8 Å². The first kappa shape index (κ1) is 21.4. The minimum Gasteiger partial charge on any atom is -0.469 e. The van der Waals surface area contributed by atoms with E-state index in [0.717, 1.165) is 21.9 Å². The van der Waals surface area contributed by atoms with Crippen LogP contribution in [0.2, 0.25) is 0 Å². The minimum absolute atomic E-state index is 0.0609. The number of nitrogens with zero attached hydrogens (tertiary/aromatic N) is 2. The molecule has 1 aromatic heterocycles. The molecule has 2 heterocycles. The summed E-state index contributed by atoms with van der Waals surface area (Å²) in [5.41, 5.74) is 1.74. The number of hydrogen-bond acceptors (Lipinski definition) is 5. The fourth-order valence-electron chi connectivity index (χ4n) is 4.17. The van der Waals surface area contributed by atoms with Gasteiger partial charge in [0.1, 0.15) is 5.82 Å².